The summed E-state index contributed by atoms with van der Waals surface area (Å²) in [4.78, 5) is 16.6. The molecule has 1 N–H and O–H groups in total. The molecule has 1 aromatic heterocycles. The number of nitrogens with one attached hydrogen (secondary N) is 1. The molecule has 0 aliphatic carbocycles. The van der Waals surface area contributed by atoms with Gasteiger partial charge >= 0.3 is 6.03 Å². The molecule has 2 amide bonds. The zero-order chi connectivity index (χ0) is 20.3. The zero-order valence-corrected chi connectivity index (χ0v) is 17.1. The van der Waals surface area contributed by atoms with Crippen LogP contribution in [0.4, 0.5) is 16.2 Å². The molecular weight excluding hydrogens is 352 g/mol. The van der Waals surface area contributed by atoms with Crippen LogP contribution in [0.3, 0.4) is 0 Å². The van der Waals surface area contributed by atoms with Crippen molar-refractivity contribution in [1.82, 2.24) is 14.7 Å². The van der Waals surface area contributed by atoms with Crippen molar-refractivity contribution in [3.63, 3.8) is 0 Å². The minimum atomic E-state index is -0.143. The Labute approximate surface area is 166 Å². The molecule has 0 saturated carbocycles. The number of aromatic nitrogens is 2. The third-order valence-corrected chi connectivity index (χ3v) is 5.43. The van der Waals surface area contributed by atoms with E-state index >= 15 is 0 Å². The van der Waals surface area contributed by atoms with Crippen molar-refractivity contribution in [3.8, 4) is 6.07 Å². The lowest BCUT2D eigenvalue weighted by atomic mass is 9.93. The first-order chi connectivity index (χ1) is 13.4. The van der Waals surface area contributed by atoms with Crippen molar-refractivity contribution < 1.29 is 4.79 Å². The van der Waals surface area contributed by atoms with Crippen molar-refractivity contribution in [1.29, 1.82) is 5.26 Å². The number of urea groups is 1. The standard InChI is InChI=1S/C21H28N6O/c1-5-27-19(6-9-23-27)16-7-10-26(11-8-16)21(28)24-18-12-15(2)20(25(3)4)13-17(18)14-22/h6,9,12-13,16H,5,7-8,10-11H2,1-4H3,(H,24,28). The minimum absolute atomic E-state index is 0.143. The Balaban J connectivity index is 1.67. The fraction of sp³-hybridized carbons (Fsp3) is 0.476. The van der Waals surface area contributed by atoms with Gasteiger partial charge in [-0.2, -0.15) is 10.4 Å². The second-order valence-electron chi connectivity index (χ2n) is 7.45. The largest absolute Gasteiger partial charge is 0.377 e. The smallest absolute Gasteiger partial charge is 0.321 e. The van der Waals surface area contributed by atoms with Crippen LogP contribution < -0.4 is 10.2 Å². The van der Waals surface area contributed by atoms with Crippen molar-refractivity contribution in [2.45, 2.75) is 39.2 Å². The minimum Gasteiger partial charge on any atom is -0.377 e. The number of anilines is 2. The molecule has 3 rings (SSSR count). The van der Waals surface area contributed by atoms with E-state index in [9.17, 15) is 10.1 Å². The average molecular weight is 380 g/mol. The number of nitriles is 1. The first-order valence-corrected chi connectivity index (χ1v) is 9.74. The van der Waals surface area contributed by atoms with E-state index in [4.69, 9.17) is 0 Å². The molecule has 2 aromatic rings. The summed E-state index contributed by atoms with van der Waals surface area (Å²) >= 11 is 0. The number of carbonyl (C=O) groups is 1. The molecule has 0 spiro atoms. The third kappa shape index (κ3) is 3.96. The summed E-state index contributed by atoms with van der Waals surface area (Å²) in [5.41, 5.74) is 4.30. The number of rotatable bonds is 4. The topological polar surface area (TPSA) is 77.2 Å². The zero-order valence-electron chi connectivity index (χ0n) is 17.1. The lowest BCUT2D eigenvalue weighted by Gasteiger charge is -2.32. The van der Waals surface area contributed by atoms with Crippen LogP contribution in [0.15, 0.2) is 24.4 Å². The van der Waals surface area contributed by atoms with Crippen LogP contribution in [0.2, 0.25) is 0 Å². The molecule has 1 aromatic carbocycles. The molecule has 28 heavy (non-hydrogen) atoms. The molecule has 2 heterocycles. The van der Waals surface area contributed by atoms with Gasteiger partial charge in [-0.15, -0.1) is 0 Å². The number of piperidine rings is 1. The molecule has 0 bridgehead atoms. The Morgan fingerprint density at radius 1 is 1.36 bits per heavy atom. The summed E-state index contributed by atoms with van der Waals surface area (Å²) in [6.07, 6.45) is 3.69. The van der Waals surface area contributed by atoms with Crippen LogP contribution in [0.5, 0.6) is 0 Å². The average Bonchev–Trinajstić information content (AvgIpc) is 3.16. The summed E-state index contributed by atoms with van der Waals surface area (Å²) in [6.45, 7) is 6.33. The summed E-state index contributed by atoms with van der Waals surface area (Å²) in [5, 5.41) is 16.8. The molecule has 7 heteroatoms. The van der Waals surface area contributed by atoms with Gasteiger partial charge in [0.15, 0.2) is 0 Å². The van der Waals surface area contributed by atoms with Crippen LogP contribution in [-0.2, 0) is 6.54 Å². The molecule has 1 saturated heterocycles. The van der Waals surface area contributed by atoms with E-state index in [1.165, 1.54) is 5.69 Å². The summed E-state index contributed by atoms with van der Waals surface area (Å²) in [7, 11) is 3.88. The molecule has 0 radical (unpaired) electrons. The molecule has 0 unspecified atom stereocenters. The lowest BCUT2D eigenvalue weighted by Crippen LogP contribution is -2.41. The second kappa shape index (κ2) is 8.34. The van der Waals surface area contributed by atoms with Gasteiger partial charge in [-0.1, -0.05) is 0 Å². The molecule has 148 valence electrons. The van der Waals surface area contributed by atoms with E-state index in [1.807, 2.05) is 53.8 Å². The maximum atomic E-state index is 12.8. The number of hydrogen-bond acceptors (Lipinski definition) is 4. The highest BCUT2D eigenvalue weighted by molar-refractivity contribution is 5.91. The summed E-state index contributed by atoms with van der Waals surface area (Å²) < 4.78 is 2.04. The van der Waals surface area contributed by atoms with Gasteiger partial charge in [-0.05, 0) is 50.5 Å². The second-order valence-corrected chi connectivity index (χ2v) is 7.45. The van der Waals surface area contributed by atoms with Gasteiger partial charge < -0.3 is 15.1 Å². The Hall–Kier alpha value is -3.01. The van der Waals surface area contributed by atoms with Crippen molar-refractivity contribution in [3.05, 3.63) is 41.2 Å². The fourth-order valence-electron chi connectivity index (χ4n) is 3.90. The molecule has 1 fully saturated rings. The first-order valence-electron chi connectivity index (χ1n) is 9.74. The Kier molecular flexibility index (Phi) is 5.88. The SMILES string of the molecule is CCn1nccc1C1CCN(C(=O)Nc2cc(C)c(N(C)C)cc2C#N)CC1. The highest BCUT2D eigenvalue weighted by Gasteiger charge is 2.26. The predicted molar refractivity (Wildman–Crippen MR) is 111 cm³/mol. The van der Waals surface area contributed by atoms with Gasteiger partial charge in [0.25, 0.3) is 0 Å². The first kappa shape index (κ1) is 19.7. The highest BCUT2D eigenvalue weighted by atomic mass is 16.2. The van der Waals surface area contributed by atoms with Gasteiger partial charge in [-0.3, -0.25) is 4.68 Å². The third-order valence-electron chi connectivity index (χ3n) is 5.43. The van der Waals surface area contributed by atoms with Gasteiger partial charge in [-0.25, -0.2) is 4.79 Å². The molecule has 1 aliphatic heterocycles. The van der Waals surface area contributed by atoms with Gasteiger partial charge in [0.05, 0.1) is 11.3 Å². The van der Waals surface area contributed by atoms with Gasteiger partial charge in [0.2, 0.25) is 0 Å². The Morgan fingerprint density at radius 3 is 2.68 bits per heavy atom. The van der Waals surface area contributed by atoms with Gasteiger partial charge in [0, 0.05) is 57.2 Å². The summed E-state index contributed by atoms with van der Waals surface area (Å²) in [5.74, 6) is 0.433. The van der Waals surface area contributed by atoms with Crippen LogP contribution in [0.1, 0.15) is 42.5 Å². The Morgan fingerprint density at radius 2 is 2.07 bits per heavy atom. The van der Waals surface area contributed by atoms with E-state index in [0.717, 1.165) is 30.6 Å². The van der Waals surface area contributed by atoms with Crippen LogP contribution >= 0.6 is 0 Å². The highest BCUT2D eigenvalue weighted by Crippen LogP contribution is 2.29. The normalized spacial score (nSPS) is 14.6. The molecule has 0 atom stereocenters. The number of hydrogen-bond donors (Lipinski definition) is 1. The summed E-state index contributed by atoms with van der Waals surface area (Å²) in [6, 6.07) is 7.83. The van der Waals surface area contributed by atoms with Crippen molar-refractivity contribution in [2.24, 2.45) is 0 Å². The number of aryl methyl sites for hydroxylation is 2. The molecule has 1 aliphatic rings. The lowest BCUT2D eigenvalue weighted by molar-refractivity contribution is 0.193. The fourth-order valence-corrected chi connectivity index (χ4v) is 3.90. The van der Waals surface area contributed by atoms with E-state index in [-0.39, 0.29) is 6.03 Å². The van der Waals surface area contributed by atoms with E-state index in [0.29, 0.717) is 30.3 Å². The maximum Gasteiger partial charge on any atom is 0.321 e. The van der Waals surface area contributed by atoms with Crippen molar-refractivity contribution >= 4 is 17.4 Å². The monoisotopic (exact) mass is 380 g/mol. The predicted octanol–water partition coefficient (Wildman–Crippen LogP) is 3.56. The van der Waals surface area contributed by atoms with E-state index in [2.05, 4.69) is 29.5 Å². The van der Waals surface area contributed by atoms with Crippen LogP contribution in [-0.4, -0.2) is 47.9 Å². The molecule has 7 nitrogen and oxygen atoms in total. The van der Waals surface area contributed by atoms with Crippen molar-refractivity contribution in [2.75, 3.05) is 37.4 Å². The maximum absolute atomic E-state index is 12.8. The number of amides is 2. The van der Waals surface area contributed by atoms with E-state index < -0.39 is 0 Å². The quantitative estimate of drug-likeness (QED) is 0.880. The number of benzene rings is 1. The van der Waals surface area contributed by atoms with Crippen LogP contribution in [0, 0.1) is 18.3 Å². The molecular formula is C21H28N6O. The number of likely N-dealkylation sites (tertiary alicyclic amines) is 1. The number of carbonyl (C=O) groups excluding carboxylic acids is 1. The number of nitrogens with zero attached hydrogens (tertiary/aromatic N) is 5. The van der Waals surface area contributed by atoms with Crippen LogP contribution in [0.25, 0.3) is 0 Å². The van der Waals surface area contributed by atoms with Gasteiger partial charge in [0.1, 0.15) is 6.07 Å². The Bertz CT molecular complexity index is 887. The van der Waals surface area contributed by atoms with E-state index in [1.54, 1.807) is 0 Å².